The smallest absolute Gasteiger partial charge is 0.349 e. The predicted molar refractivity (Wildman–Crippen MR) is 102 cm³/mol. The number of anilines is 1. The van der Waals surface area contributed by atoms with E-state index in [2.05, 4.69) is 10.3 Å². The standard InChI is InChI=1S/C19H15F2N3O4S/c1-9-15-17(23-13-3-2-6-24(13)18(15)26)29-16(9)19(27)28-8-14(25)22-12-7-10(20)4-5-11(12)21/h4-5,7H,2-3,6,8H2,1H3,(H,22,25). The third-order valence-corrected chi connectivity index (χ3v) is 5.80. The van der Waals surface area contributed by atoms with Crippen molar-refractivity contribution in [1.29, 1.82) is 0 Å². The predicted octanol–water partition coefficient (Wildman–Crippen LogP) is 2.79. The maximum Gasteiger partial charge on any atom is 0.349 e. The molecule has 29 heavy (non-hydrogen) atoms. The van der Waals surface area contributed by atoms with E-state index in [1.165, 1.54) is 0 Å². The molecule has 0 saturated heterocycles. The largest absolute Gasteiger partial charge is 0.451 e. The van der Waals surface area contributed by atoms with Crippen molar-refractivity contribution in [3.63, 3.8) is 0 Å². The summed E-state index contributed by atoms with van der Waals surface area (Å²) in [5.74, 6) is -2.44. The fraction of sp³-hybridized carbons (Fsp3) is 0.263. The van der Waals surface area contributed by atoms with Gasteiger partial charge in [-0.3, -0.25) is 14.2 Å². The zero-order valence-corrected chi connectivity index (χ0v) is 16.1. The first-order valence-electron chi connectivity index (χ1n) is 8.80. The van der Waals surface area contributed by atoms with Crippen LogP contribution in [-0.2, 0) is 22.5 Å². The lowest BCUT2D eigenvalue weighted by atomic mass is 10.2. The molecule has 3 heterocycles. The van der Waals surface area contributed by atoms with Crippen molar-refractivity contribution in [2.75, 3.05) is 11.9 Å². The Kier molecular flexibility index (Phi) is 4.87. The molecule has 0 aliphatic carbocycles. The molecule has 0 bridgehead atoms. The number of nitrogens with zero attached hydrogens (tertiary/aromatic N) is 2. The maximum absolute atomic E-state index is 13.6. The molecule has 150 valence electrons. The first-order valence-corrected chi connectivity index (χ1v) is 9.61. The van der Waals surface area contributed by atoms with E-state index < -0.39 is 30.1 Å². The minimum absolute atomic E-state index is 0.179. The molecule has 1 amide bonds. The minimum atomic E-state index is -0.821. The van der Waals surface area contributed by atoms with Gasteiger partial charge in [0.1, 0.15) is 27.2 Å². The van der Waals surface area contributed by atoms with Gasteiger partial charge in [-0.2, -0.15) is 0 Å². The van der Waals surface area contributed by atoms with Gasteiger partial charge in [0.15, 0.2) is 6.61 Å². The van der Waals surface area contributed by atoms with Gasteiger partial charge in [-0.15, -0.1) is 11.3 Å². The number of carbonyl (C=O) groups excluding carboxylic acids is 2. The molecule has 1 aromatic carbocycles. The van der Waals surface area contributed by atoms with Crippen LogP contribution in [0.15, 0.2) is 23.0 Å². The number of thiophene rings is 1. The number of ether oxygens (including phenoxy) is 1. The zero-order chi connectivity index (χ0) is 20.7. The molecule has 0 spiro atoms. The lowest BCUT2D eigenvalue weighted by Crippen LogP contribution is -2.22. The Labute approximate surface area is 166 Å². The highest BCUT2D eigenvalue weighted by Crippen LogP contribution is 2.29. The maximum atomic E-state index is 13.6. The van der Waals surface area contributed by atoms with Gasteiger partial charge in [-0.05, 0) is 31.0 Å². The molecule has 0 unspecified atom stereocenters. The number of carbonyl (C=O) groups is 2. The Bertz CT molecular complexity index is 1220. The molecule has 0 fully saturated rings. The molecule has 0 saturated carbocycles. The molecular formula is C19H15F2N3O4S. The number of rotatable bonds is 4. The van der Waals surface area contributed by atoms with Gasteiger partial charge in [0.25, 0.3) is 11.5 Å². The third kappa shape index (κ3) is 3.51. The van der Waals surface area contributed by atoms with Crippen molar-refractivity contribution in [3.05, 3.63) is 56.5 Å². The zero-order valence-electron chi connectivity index (χ0n) is 15.3. The number of hydrogen-bond donors (Lipinski definition) is 1. The summed E-state index contributed by atoms with van der Waals surface area (Å²) in [5.41, 5.74) is -0.0864. The highest BCUT2D eigenvalue weighted by Gasteiger charge is 2.24. The van der Waals surface area contributed by atoms with Gasteiger partial charge in [0.2, 0.25) is 0 Å². The van der Waals surface area contributed by atoms with Crippen LogP contribution in [0.3, 0.4) is 0 Å². The number of halogens is 2. The van der Waals surface area contributed by atoms with E-state index in [0.29, 0.717) is 34.6 Å². The summed E-state index contributed by atoms with van der Waals surface area (Å²) >= 11 is 1.03. The lowest BCUT2D eigenvalue weighted by Gasteiger charge is -2.07. The molecule has 0 atom stereocenters. The summed E-state index contributed by atoms with van der Waals surface area (Å²) < 4.78 is 33.3. The van der Waals surface area contributed by atoms with Crippen molar-refractivity contribution >= 4 is 39.1 Å². The Balaban J connectivity index is 1.50. The quantitative estimate of drug-likeness (QED) is 0.657. The highest BCUT2D eigenvalue weighted by atomic mass is 32.1. The van der Waals surface area contributed by atoms with Crippen molar-refractivity contribution in [2.24, 2.45) is 0 Å². The van der Waals surface area contributed by atoms with Gasteiger partial charge in [0.05, 0.1) is 11.1 Å². The second-order valence-electron chi connectivity index (χ2n) is 6.57. The molecule has 0 radical (unpaired) electrons. The molecule has 10 heteroatoms. The van der Waals surface area contributed by atoms with E-state index in [-0.39, 0.29) is 16.1 Å². The summed E-state index contributed by atoms with van der Waals surface area (Å²) in [6.07, 6.45) is 1.56. The lowest BCUT2D eigenvalue weighted by molar-refractivity contribution is -0.119. The van der Waals surface area contributed by atoms with Gasteiger partial charge in [-0.25, -0.2) is 18.6 Å². The van der Waals surface area contributed by atoms with Gasteiger partial charge >= 0.3 is 5.97 Å². The van der Waals surface area contributed by atoms with Crippen LogP contribution in [0.5, 0.6) is 0 Å². The monoisotopic (exact) mass is 419 g/mol. The van der Waals surface area contributed by atoms with Crippen molar-refractivity contribution < 1.29 is 23.1 Å². The fourth-order valence-electron chi connectivity index (χ4n) is 3.25. The topological polar surface area (TPSA) is 90.3 Å². The van der Waals surface area contributed by atoms with Gasteiger partial charge in [0, 0.05) is 19.0 Å². The van der Waals surface area contributed by atoms with Crippen molar-refractivity contribution in [3.8, 4) is 0 Å². The Morgan fingerprint density at radius 2 is 2.14 bits per heavy atom. The SMILES string of the molecule is Cc1c(C(=O)OCC(=O)Nc2cc(F)ccc2F)sc2nc3n(c(=O)c12)CCC3. The summed E-state index contributed by atoms with van der Waals surface area (Å²) in [7, 11) is 0. The van der Waals surface area contributed by atoms with E-state index in [1.54, 1.807) is 11.5 Å². The van der Waals surface area contributed by atoms with Gasteiger partial charge < -0.3 is 10.1 Å². The molecule has 2 aromatic heterocycles. The normalized spacial score (nSPS) is 12.8. The van der Waals surface area contributed by atoms with Crippen LogP contribution in [0.25, 0.3) is 10.2 Å². The van der Waals surface area contributed by atoms with Crippen LogP contribution < -0.4 is 10.9 Å². The number of amides is 1. The molecule has 7 nitrogen and oxygen atoms in total. The number of esters is 1. The van der Waals surface area contributed by atoms with E-state index in [0.717, 1.165) is 36.0 Å². The Hall–Kier alpha value is -3.14. The van der Waals surface area contributed by atoms with Crippen LogP contribution in [0.2, 0.25) is 0 Å². The molecule has 3 aromatic rings. The number of hydrogen-bond acceptors (Lipinski definition) is 6. The number of aryl methyl sites for hydroxylation is 2. The molecule has 1 aliphatic rings. The number of aromatic nitrogens is 2. The van der Waals surface area contributed by atoms with Crippen LogP contribution in [0.4, 0.5) is 14.5 Å². The minimum Gasteiger partial charge on any atom is -0.451 e. The summed E-state index contributed by atoms with van der Waals surface area (Å²) in [5, 5.41) is 2.52. The summed E-state index contributed by atoms with van der Waals surface area (Å²) in [4.78, 5) is 42.1. The van der Waals surface area contributed by atoms with E-state index in [4.69, 9.17) is 4.74 Å². The number of benzene rings is 1. The van der Waals surface area contributed by atoms with Crippen LogP contribution in [-0.4, -0.2) is 28.0 Å². The first kappa shape index (κ1) is 19.2. The van der Waals surface area contributed by atoms with Crippen molar-refractivity contribution in [2.45, 2.75) is 26.3 Å². The number of fused-ring (bicyclic) bond motifs is 2. The van der Waals surface area contributed by atoms with E-state index in [1.807, 2.05) is 0 Å². The molecule has 1 N–H and O–H groups in total. The van der Waals surface area contributed by atoms with Crippen LogP contribution >= 0.6 is 11.3 Å². The van der Waals surface area contributed by atoms with Crippen molar-refractivity contribution in [1.82, 2.24) is 9.55 Å². The third-order valence-electron chi connectivity index (χ3n) is 4.63. The summed E-state index contributed by atoms with van der Waals surface area (Å²) in [6.45, 7) is 1.54. The fourth-order valence-corrected chi connectivity index (χ4v) is 4.33. The highest BCUT2D eigenvalue weighted by molar-refractivity contribution is 7.20. The van der Waals surface area contributed by atoms with Crippen LogP contribution in [0, 0.1) is 18.6 Å². The molecular weight excluding hydrogens is 404 g/mol. The van der Waals surface area contributed by atoms with Gasteiger partial charge in [-0.1, -0.05) is 0 Å². The summed E-state index contributed by atoms with van der Waals surface area (Å²) in [6, 6.07) is 2.62. The van der Waals surface area contributed by atoms with E-state index in [9.17, 15) is 23.2 Å². The second kappa shape index (κ2) is 7.36. The average Bonchev–Trinajstić information content (AvgIpc) is 3.28. The molecule has 1 aliphatic heterocycles. The van der Waals surface area contributed by atoms with Crippen LogP contribution in [0.1, 0.15) is 27.5 Å². The molecule has 4 rings (SSSR count). The second-order valence-corrected chi connectivity index (χ2v) is 7.57. The Morgan fingerprint density at radius 1 is 1.34 bits per heavy atom. The average molecular weight is 419 g/mol. The first-order chi connectivity index (χ1) is 13.8. The number of nitrogens with one attached hydrogen (secondary N) is 1. The van der Waals surface area contributed by atoms with E-state index >= 15 is 0 Å². The Morgan fingerprint density at radius 3 is 2.93 bits per heavy atom.